The summed E-state index contributed by atoms with van der Waals surface area (Å²) in [5.41, 5.74) is 1.64. The van der Waals surface area contributed by atoms with Gasteiger partial charge in [0, 0.05) is 9.79 Å². The number of methoxy groups -OCH3 is 1. The number of esters is 1. The topological polar surface area (TPSA) is 44.8 Å². The summed E-state index contributed by atoms with van der Waals surface area (Å²) in [6.45, 7) is 2.63. The van der Waals surface area contributed by atoms with Gasteiger partial charge in [-0.25, -0.2) is 4.79 Å². The SMILES string of the molecule is CCOC(=O)c1cccc(Sc2ccc(OCc3ccccc3)c(OC)c2)c1. The number of hydrogen-bond donors (Lipinski definition) is 0. The van der Waals surface area contributed by atoms with Crippen molar-refractivity contribution < 1.29 is 19.0 Å². The molecule has 0 bridgehead atoms. The fourth-order valence-electron chi connectivity index (χ4n) is 2.60. The number of ether oxygens (including phenoxy) is 3. The summed E-state index contributed by atoms with van der Waals surface area (Å²) in [7, 11) is 1.63. The van der Waals surface area contributed by atoms with Crippen molar-refractivity contribution in [2.75, 3.05) is 13.7 Å². The largest absolute Gasteiger partial charge is 0.493 e. The van der Waals surface area contributed by atoms with Gasteiger partial charge in [-0.1, -0.05) is 48.2 Å². The summed E-state index contributed by atoms with van der Waals surface area (Å²) in [6, 6.07) is 23.2. The molecule has 0 heterocycles. The second-order valence-electron chi connectivity index (χ2n) is 5.94. The molecule has 0 aliphatic heterocycles. The fourth-order valence-corrected chi connectivity index (χ4v) is 3.51. The van der Waals surface area contributed by atoms with Gasteiger partial charge in [0.2, 0.25) is 0 Å². The Morgan fingerprint density at radius 1 is 0.893 bits per heavy atom. The van der Waals surface area contributed by atoms with Gasteiger partial charge in [-0.15, -0.1) is 0 Å². The third-order valence-electron chi connectivity index (χ3n) is 3.95. The summed E-state index contributed by atoms with van der Waals surface area (Å²) in [4.78, 5) is 13.9. The Labute approximate surface area is 169 Å². The van der Waals surface area contributed by atoms with Crippen LogP contribution in [0.5, 0.6) is 11.5 Å². The zero-order valence-corrected chi connectivity index (χ0v) is 16.7. The molecule has 3 rings (SSSR count). The highest BCUT2D eigenvalue weighted by molar-refractivity contribution is 7.99. The Morgan fingerprint density at radius 3 is 2.43 bits per heavy atom. The maximum absolute atomic E-state index is 11.9. The highest BCUT2D eigenvalue weighted by Gasteiger charge is 2.10. The van der Waals surface area contributed by atoms with Crippen LogP contribution >= 0.6 is 11.8 Å². The van der Waals surface area contributed by atoms with Crippen molar-refractivity contribution >= 4 is 17.7 Å². The number of hydrogen-bond acceptors (Lipinski definition) is 5. The second kappa shape index (κ2) is 9.85. The number of carbonyl (C=O) groups is 1. The van der Waals surface area contributed by atoms with E-state index in [1.165, 1.54) is 0 Å². The van der Waals surface area contributed by atoms with Gasteiger partial charge in [0.15, 0.2) is 11.5 Å². The molecule has 0 radical (unpaired) electrons. The summed E-state index contributed by atoms with van der Waals surface area (Å²) in [6.07, 6.45) is 0. The molecule has 5 heteroatoms. The van der Waals surface area contributed by atoms with Crippen LogP contribution in [0.2, 0.25) is 0 Å². The van der Waals surface area contributed by atoms with E-state index in [4.69, 9.17) is 14.2 Å². The van der Waals surface area contributed by atoms with Crippen LogP contribution in [0.3, 0.4) is 0 Å². The first-order valence-electron chi connectivity index (χ1n) is 8.99. The van der Waals surface area contributed by atoms with Crippen LogP contribution in [0.15, 0.2) is 82.6 Å². The summed E-state index contributed by atoms with van der Waals surface area (Å²) in [5, 5.41) is 0. The van der Waals surface area contributed by atoms with Gasteiger partial charge >= 0.3 is 5.97 Å². The maximum atomic E-state index is 11.9. The normalized spacial score (nSPS) is 10.4. The Hall–Kier alpha value is -2.92. The molecule has 144 valence electrons. The Morgan fingerprint density at radius 2 is 1.68 bits per heavy atom. The van der Waals surface area contributed by atoms with Crippen LogP contribution in [-0.2, 0) is 11.3 Å². The van der Waals surface area contributed by atoms with Gasteiger partial charge in [0.25, 0.3) is 0 Å². The predicted molar refractivity (Wildman–Crippen MR) is 110 cm³/mol. The van der Waals surface area contributed by atoms with Crippen molar-refractivity contribution in [3.63, 3.8) is 0 Å². The van der Waals surface area contributed by atoms with E-state index in [1.54, 1.807) is 31.9 Å². The van der Waals surface area contributed by atoms with Crippen LogP contribution < -0.4 is 9.47 Å². The monoisotopic (exact) mass is 394 g/mol. The minimum absolute atomic E-state index is 0.313. The quantitative estimate of drug-likeness (QED) is 0.465. The zero-order valence-electron chi connectivity index (χ0n) is 15.9. The van der Waals surface area contributed by atoms with E-state index in [0.29, 0.717) is 30.3 Å². The highest BCUT2D eigenvalue weighted by Crippen LogP contribution is 2.36. The molecule has 0 fully saturated rings. The molecule has 0 unspecified atom stereocenters. The molecule has 0 aromatic heterocycles. The highest BCUT2D eigenvalue weighted by atomic mass is 32.2. The van der Waals surface area contributed by atoms with E-state index in [-0.39, 0.29) is 5.97 Å². The lowest BCUT2D eigenvalue weighted by atomic mass is 10.2. The van der Waals surface area contributed by atoms with Crippen LogP contribution in [0.1, 0.15) is 22.8 Å². The molecule has 4 nitrogen and oxygen atoms in total. The van der Waals surface area contributed by atoms with Gasteiger partial charge in [-0.05, 0) is 48.9 Å². The van der Waals surface area contributed by atoms with E-state index in [1.807, 2.05) is 66.7 Å². The maximum Gasteiger partial charge on any atom is 0.338 e. The van der Waals surface area contributed by atoms with E-state index < -0.39 is 0 Å². The molecule has 28 heavy (non-hydrogen) atoms. The number of rotatable bonds is 8. The van der Waals surface area contributed by atoms with Crippen molar-refractivity contribution in [2.45, 2.75) is 23.3 Å². The third-order valence-corrected chi connectivity index (χ3v) is 4.93. The Bertz CT molecular complexity index is 925. The molecule has 3 aromatic rings. The van der Waals surface area contributed by atoms with Gasteiger partial charge < -0.3 is 14.2 Å². The van der Waals surface area contributed by atoms with Gasteiger partial charge in [0.05, 0.1) is 19.3 Å². The Kier molecular flexibility index (Phi) is 6.98. The summed E-state index contributed by atoms with van der Waals surface area (Å²) in [5.74, 6) is 1.05. The minimum Gasteiger partial charge on any atom is -0.493 e. The molecule has 0 aliphatic carbocycles. The molecule has 0 spiro atoms. The molecule has 0 amide bonds. The van der Waals surface area contributed by atoms with Crippen LogP contribution in [0.4, 0.5) is 0 Å². The van der Waals surface area contributed by atoms with E-state index >= 15 is 0 Å². The smallest absolute Gasteiger partial charge is 0.338 e. The molecule has 3 aromatic carbocycles. The van der Waals surface area contributed by atoms with Crippen molar-refractivity contribution in [3.8, 4) is 11.5 Å². The molecular formula is C23H22O4S. The summed E-state index contributed by atoms with van der Waals surface area (Å²) >= 11 is 1.55. The lowest BCUT2D eigenvalue weighted by Crippen LogP contribution is -2.04. The first-order chi connectivity index (χ1) is 13.7. The average Bonchev–Trinajstić information content (AvgIpc) is 2.74. The van der Waals surface area contributed by atoms with Crippen molar-refractivity contribution in [3.05, 3.63) is 83.9 Å². The van der Waals surface area contributed by atoms with Crippen LogP contribution in [0, 0.1) is 0 Å². The van der Waals surface area contributed by atoms with Crippen LogP contribution in [0.25, 0.3) is 0 Å². The molecule has 0 saturated carbocycles. The van der Waals surface area contributed by atoms with E-state index in [9.17, 15) is 4.79 Å². The van der Waals surface area contributed by atoms with E-state index in [2.05, 4.69) is 0 Å². The lowest BCUT2D eigenvalue weighted by Gasteiger charge is -2.12. The second-order valence-corrected chi connectivity index (χ2v) is 7.08. The number of benzene rings is 3. The lowest BCUT2D eigenvalue weighted by molar-refractivity contribution is 0.0526. The van der Waals surface area contributed by atoms with Crippen molar-refractivity contribution in [2.24, 2.45) is 0 Å². The molecule has 0 N–H and O–H groups in total. The average molecular weight is 394 g/mol. The van der Waals surface area contributed by atoms with E-state index in [0.717, 1.165) is 15.4 Å². The van der Waals surface area contributed by atoms with Gasteiger partial charge in [-0.2, -0.15) is 0 Å². The minimum atomic E-state index is -0.313. The van der Waals surface area contributed by atoms with Crippen molar-refractivity contribution in [1.29, 1.82) is 0 Å². The number of carbonyl (C=O) groups excluding carboxylic acids is 1. The molecule has 0 atom stereocenters. The first kappa shape index (κ1) is 19.8. The standard InChI is InChI=1S/C23H22O4S/c1-3-26-23(24)18-10-7-11-19(14-18)28-20-12-13-21(22(15-20)25-2)27-16-17-8-5-4-6-9-17/h4-15H,3,16H2,1-2H3. The van der Waals surface area contributed by atoms with Crippen molar-refractivity contribution in [1.82, 2.24) is 0 Å². The fraction of sp³-hybridized carbons (Fsp3) is 0.174. The van der Waals surface area contributed by atoms with Gasteiger partial charge in [-0.3, -0.25) is 0 Å². The molecule has 0 saturated heterocycles. The molecule has 0 aliphatic rings. The first-order valence-corrected chi connectivity index (χ1v) is 9.81. The molecular weight excluding hydrogens is 372 g/mol. The van der Waals surface area contributed by atoms with Crippen LogP contribution in [-0.4, -0.2) is 19.7 Å². The summed E-state index contributed by atoms with van der Waals surface area (Å²) < 4.78 is 16.5. The third kappa shape index (κ3) is 5.30. The van der Waals surface area contributed by atoms with Gasteiger partial charge in [0.1, 0.15) is 6.61 Å². The Balaban J connectivity index is 1.71. The zero-order chi connectivity index (χ0) is 19.8. The predicted octanol–water partition coefficient (Wildman–Crippen LogP) is 5.60.